The predicted molar refractivity (Wildman–Crippen MR) is 80.5 cm³/mol. The molecule has 0 aliphatic carbocycles. The summed E-state index contributed by atoms with van der Waals surface area (Å²) in [5.41, 5.74) is 0.503. The van der Waals surface area contributed by atoms with Gasteiger partial charge in [0.25, 0.3) is 5.91 Å². The van der Waals surface area contributed by atoms with Crippen LogP contribution < -0.4 is 14.8 Å². The molecule has 0 aliphatic rings. The highest BCUT2D eigenvalue weighted by atomic mass is 16.5. The minimum absolute atomic E-state index is 0.128. The van der Waals surface area contributed by atoms with Gasteiger partial charge in [-0.3, -0.25) is 4.79 Å². The Bertz CT molecular complexity index is 443. The standard InChI is InChI=1S/C16H25NO3/c1-11(2)6-7-12(3)17-16(18)14-10-13(19-4)8-9-15(14)20-5/h8-12H,6-7H2,1-5H3,(H,17,18). The van der Waals surface area contributed by atoms with Gasteiger partial charge in [0.1, 0.15) is 11.5 Å². The highest BCUT2D eigenvalue weighted by molar-refractivity contribution is 5.97. The summed E-state index contributed by atoms with van der Waals surface area (Å²) in [6.07, 6.45) is 2.06. The molecule has 0 aromatic heterocycles. The van der Waals surface area contributed by atoms with E-state index in [9.17, 15) is 4.79 Å². The van der Waals surface area contributed by atoms with E-state index in [1.165, 1.54) is 0 Å². The first kappa shape index (κ1) is 16.3. The zero-order chi connectivity index (χ0) is 15.1. The Balaban J connectivity index is 2.75. The molecule has 0 heterocycles. The fourth-order valence-corrected chi connectivity index (χ4v) is 1.95. The van der Waals surface area contributed by atoms with Gasteiger partial charge in [0.05, 0.1) is 19.8 Å². The topological polar surface area (TPSA) is 47.6 Å². The molecule has 20 heavy (non-hydrogen) atoms. The molecule has 1 aromatic carbocycles. The fraction of sp³-hybridized carbons (Fsp3) is 0.562. The van der Waals surface area contributed by atoms with Gasteiger partial charge in [-0.2, -0.15) is 0 Å². The molecule has 0 fully saturated rings. The average molecular weight is 279 g/mol. The molecule has 1 N–H and O–H groups in total. The first-order valence-corrected chi connectivity index (χ1v) is 7.00. The number of methoxy groups -OCH3 is 2. The summed E-state index contributed by atoms with van der Waals surface area (Å²) in [7, 11) is 3.13. The molecule has 0 spiro atoms. The van der Waals surface area contributed by atoms with Crippen LogP contribution in [-0.4, -0.2) is 26.2 Å². The van der Waals surface area contributed by atoms with E-state index in [4.69, 9.17) is 9.47 Å². The van der Waals surface area contributed by atoms with E-state index in [-0.39, 0.29) is 11.9 Å². The number of nitrogens with one attached hydrogen (secondary N) is 1. The van der Waals surface area contributed by atoms with Crippen molar-refractivity contribution in [3.8, 4) is 11.5 Å². The number of carbonyl (C=O) groups is 1. The van der Waals surface area contributed by atoms with Crippen molar-refractivity contribution in [1.29, 1.82) is 0 Å². The van der Waals surface area contributed by atoms with E-state index in [1.807, 2.05) is 6.92 Å². The summed E-state index contributed by atoms with van der Waals surface area (Å²) >= 11 is 0. The molecular weight excluding hydrogens is 254 g/mol. The summed E-state index contributed by atoms with van der Waals surface area (Å²) in [6, 6.07) is 5.36. The molecule has 1 amide bonds. The van der Waals surface area contributed by atoms with E-state index >= 15 is 0 Å². The van der Waals surface area contributed by atoms with Crippen molar-refractivity contribution >= 4 is 5.91 Å². The van der Waals surface area contributed by atoms with E-state index in [2.05, 4.69) is 19.2 Å². The van der Waals surface area contributed by atoms with Crippen molar-refractivity contribution in [3.63, 3.8) is 0 Å². The van der Waals surface area contributed by atoms with Crippen LogP contribution in [0.3, 0.4) is 0 Å². The Labute approximate surface area is 121 Å². The van der Waals surface area contributed by atoms with Crippen molar-refractivity contribution in [2.45, 2.75) is 39.7 Å². The Hall–Kier alpha value is -1.71. The maximum Gasteiger partial charge on any atom is 0.255 e. The molecule has 1 atom stereocenters. The SMILES string of the molecule is COc1ccc(OC)c(C(=O)NC(C)CCC(C)C)c1. The lowest BCUT2D eigenvalue weighted by molar-refractivity contribution is 0.0934. The Kier molecular flexibility index (Phi) is 6.36. The molecule has 1 rings (SSSR count). The summed E-state index contributed by atoms with van der Waals surface area (Å²) in [6.45, 7) is 6.38. The van der Waals surface area contributed by atoms with Crippen molar-refractivity contribution in [1.82, 2.24) is 5.32 Å². The van der Waals surface area contributed by atoms with Gasteiger partial charge < -0.3 is 14.8 Å². The monoisotopic (exact) mass is 279 g/mol. The summed E-state index contributed by atoms with van der Waals surface area (Å²) in [5, 5.41) is 3.00. The van der Waals surface area contributed by atoms with Gasteiger partial charge in [0.2, 0.25) is 0 Å². The van der Waals surface area contributed by atoms with Crippen molar-refractivity contribution in [2.75, 3.05) is 14.2 Å². The molecular formula is C16H25NO3. The average Bonchev–Trinajstić information content (AvgIpc) is 2.44. The molecule has 1 unspecified atom stereocenters. The number of hydrogen-bond donors (Lipinski definition) is 1. The van der Waals surface area contributed by atoms with Crippen LogP contribution in [0.15, 0.2) is 18.2 Å². The van der Waals surface area contributed by atoms with E-state index in [0.717, 1.165) is 12.8 Å². The Morgan fingerprint density at radius 1 is 1.15 bits per heavy atom. The van der Waals surface area contributed by atoms with Gasteiger partial charge in [-0.25, -0.2) is 0 Å². The number of benzene rings is 1. The van der Waals surface area contributed by atoms with Crippen LogP contribution in [0.25, 0.3) is 0 Å². The molecule has 0 radical (unpaired) electrons. The maximum absolute atomic E-state index is 12.3. The van der Waals surface area contributed by atoms with Gasteiger partial charge >= 0.3 is 0 Å². The number of hydrogen-bond acceptors (Lipinski definition) is 3. The first-order valence-electron chi connectivity index (χ1n) is 7.00. The van der Waals surface area contributed by atoms with Crippen molar-refractivity contribution in [2.24, 2.45) is 5.92 Å². The van der Waals surface area contributed by atoms with Crippen LogP contribution in [0.4, 0.5) is 0 Å². The van der Waals surface area contributed by atoms with E-state index < -0.39 is 0 Å². The molecule has 4 heteroatoms. The Morgan fingerprint density at radius 2 is 1.85 bits per heavy atom. The number of ether oxygens (including phenoxy) is 2. The molecule has 0 bridgehead atoms. The number of carbonyl (C=O) groups excluding carboxylic acids is 1. The second kappa shape index (κ2) is 7.78. The zero-order valence-electron chi connectivity index (χ0n) is 13.0. The van der Waals surface area contributed by atoms with Crippen LogP contribution in [0.1, 0.15) is 44.0 Å². The predicted octanol–water partition coefficient (Wildman–Crippen LogP) is 3.26. The molecule has 112 valence electrons. The lowest BCUT2D eigenvalue weighted by atomic mass is 10.0. The van der Waals surface area contributed by atoms with Gasteiger partial charge in [0, 0.05) is 6.04 Å². The normalized spacial score (nSPS) is 12.1. The second-order valence-corrected chi connectivity index (χ2v) is 5.41. The minimum atomic E-state index is -0.128. The lowest BCUT2D eigenvalue weighted by Gasteiger charge is -2.16. The Morgan fingerprint density at radius 3 is 2.40 bits per heavy atom. The van der Waals surface area contributed by atoms with Crippen LogP contribution in [0, 0.1) is 5.92 Å². The largest absolute Gasteiger partial charge is 0.497 e. The zero-order valence-corrected chi connectivity index (χ0v) is 13.0. The van der Waals surface area contributed by atoms with Crippen LogP contribution in [-0.2, 0) is 0 Å². The molecule has 4 nitrogen and oxygen atoms in total. The highest BCUT2D eigenvalue weighted by Gasteiger charge is 2.15. The van der Waals surface area contributed by atoms with Gasteiger partial charge in [-0.15, -0.1) is 0 Å². The van der Waals surface area contributed by atoms with E-state index in [0.29, 0.717) is 23.0 Å². The van der Waals surface area contributed by atoms with Gasteiger partial charge in [-0.1, -0.05) is 13.8 Å². The lowest BCUT2D eigenvalue weighted by Crippen LogP contribution is -2.33. The fourth-order valence-electron chi connectivity index (χ4n) is 1.95. The second-order valence-electron chi connectivity index (χ2n) is 5.41. The summed E-state index contributed by atoms with van der Waals surface area (Å²) in [5.74, 6) is 1.71. The number of rotatable bonds is 7. The van der Waals surface area contributed by atoms with Gasteiger partial charge in [-0.05, 0) is 43.9 Å². The third-order valence-electron chi connectivity index (χ3n) is 3.21. The quantitative estimate of drug-likeness (QED) is 0.833. The summed E-state index contributed by atoms with van der Waals surface area (Å²) in [4.78, 5) is 12.3. The van der Waals surface area contributed by atoms with Crippen LogP contribution in [0.5, 0.6) is 11.5 Å². The smallest absolute Gasteiger partial charge is 0.255 e. The van der Waals surface area contributed by atoms with Crippen molar-refractivity contribution in [3.05, 3.63) is 23.8 Å². The van der Waals surface area contributed by atoms with Gasteiger partial charge in [0.15, 0.2) is 0 Å². The molecule has 0 saturated carbocycles. The maximum atomic E-state index is 12.3. The third kappa shape index (κ3) is 4.76. The summed E-state index contributed by atoms with van der Waals surface area (Å²) < 4.78 is 10.4. The molecule has 1 aromatic rings. The van der Waals surface area contributed by atoms with Crippen molar-refractivity contribution < 1.29 is 14.3 Å². The molecule has 0 aliphatic heterocycles. The first-order chi connectivity index (χ1) is 9.47. The molecule has 0 saturated heterocycles. The minimum Gasteiger partial charge on any atom is -0.497 e. The number of amides is 1. The van der Waals surface area contributed by atoms with Crippen LogP contribution >= 0.6 is 0 Å². The van der Waals surface area contributed by atoms with E-state index in [1.54, 1.807) is 32.4 Å². The van der Waals surface area contributed by atoms with Crippen LogP contribution in [0.2, 0.25) is 0 Å². The highest BCUT2D eigenvalue weighted by Crippen LogP contribution is 2.24. The third-order valence-corrected chi connectivity index (χ3v) is 3.21.